The van der Waals surface area contributed by atoms with E-state index >= 15 is 0 Å². The van der Waals surface area contributed by atoms with E-state index in [0.29, 0.717) is 0 Å². The van der Waals surface area contributed by atoms with Crippen LogP contribution in [0.25, 0.3) is 0 Å². The second kappa shape index (κ2) is 7.83. The number of halogens is 2. The molecular formula is C17H19BrClNO. The molecule has 112 valence electrons. The van der Waals surface area contributed by atoms with Gasteiger partial charge in [0.05, 0.1) is 0 Å². The molecule has 2 nitrogen and oxygen atoms in total. The SMILES string of the molecule is CCCNCc1cc(Cl)ccc1Oc1ccc(Br)cc1C. The molecule has 21 heavy (non-hydrogen) atoms. The van der Waals surface area contributed by atoms with E-state index in [1.807, 2.05) is 43.3 Å². The molecule has 0 unspecified atom stereocenters. The molecule has 0 aliphatic heterocycles. The molecule has 0 saturated carbocycles. The Morgan fingerprint density at radius 1 is 1.14 bits per heavy atom. The van der Waals surface area contributed by atoms with Crippen LogP contribution in [0.2, 0.25) is 5.02 Å². The summed E-state index contributed by atoms with van der Waals surface area (Å²) in [5, 5.41) is 4.11. The lowest BCUT2D eigenvalue weighted by Gasteiger charge is -2.14. The first-order valence-electron chi connectivity index (χ1n) is 7.03. The highest BCUT2D eigenvalue weighted by Gasteiger charge is 2.08. The molecule has 0 aliphatic rings. The van der Waals surface area contributed by atoms with E-state index in [9.17, 15) is 0 Å². The van der Waals surface area contributed by atoms with Gasteiger partial charge in [-0.1, -0.05) is 34.5 Å². The van der Waals surface area contributed by atoms with Crippen LogP contribution in [0.5, 0.6) is 11.5 Å². The van der Waals surface area contributed by atoms with Crippen LogP contribution in [-0.4, -0.2) is 6.54 Å². The van der Waals surface area contributed by atoms with Crippen molar-refractivity contribution in [3.8, 4) is 11.5 Å². The predicted octanol–water partition coefficient (Wildman–Crippen LogP) is 5.70. The summed E-state index contributed by atoms with van der Waals surface area (Å²) in [6.45, 7) is 5.90. The molecule has 0 spiro atoms. The van der Waals surface area contributed by atoms with Gasteiger partial charge in [0.25, 0.3) is 0 Å². The molecule has 2 rings (SSSR count). The molecule has 0 aromatic heterocycles. The normalized spacial score (nSPS) is 10.7. The van der Waals surface area contributed by atoms with E-state index in [0.717, 1.165) is 51.6 Å². The Labute approximate surface area is 139 Å². The van der Waals surface area contributed by atoms with Gasteiger partial charge in [0.15, 0.2) is 0 Å². The Bertz CT molecular complexity index is 616. The van der Waals surface area contributed by atoms with Gasteiger partial charge >= 0.3 is 0 Å². The van der Waals surface area contributed by atoms with Gasteiger partial charge in [-0.2, -0.15) is 0 Å². The number of hydrogen-bond donors (Lipinski definition) is 1. The first-order chi connectivity index (χ1) is 10.1. The predicted molar refractivity (Wildman–Crippen MR) is 92.4 cm³/mol. The lowest BCUT2D eigenvalue weighted by molar-refractivity contribution is 0.469. The van der Waals surface area contributed by atoms with Crippen LogP contribution in [0.15, 0.2) is 40.9 Å². The Hall–Kier alpha value is -1.03. The Morgan fingerprint density at radius 3 is 2.62 bits per heavy atom. The van der Waals surface area contributed by atoms with Gasteiger partial charge in [-0.05, 0) is 61.9 Å². The van der Waals surface area contributed by atoms with Gasteiger partial charge in [-0.3, -0.25) is 0 Å². The lowest BCUT2D eigenvalue weighted by Crippen LogP contribution is -2.14. The van der Waals surface area contributed by atoms with Crippen molar-refractivity contribution in [3.63, 3.8) is 0 Å². The van der Waals surface area contributed by atoms with Gasteiger partial charge in [-0.25, -0.2) is 0 Å². The standard InChI is InChI=1S/C17H19BrClNO/c1-3-8-20-11-13-10-15(19)5-7-17(13)21-16-6-4-14(18)9-12(16)2/h4-7,9-10,20H,3,8,11H2,1-2H3. The maximum absolute atomic E-state index is 6.10. The highest BCUT2D eigenvalue weighted by atomic mass is 79.9. The summed E-state index contributed by atoms with van der Waals surface area (Å²) < 4.78 is 7.11. The first kappa shape index (κ1) is 16.3. The average molecular weight is 369 g/mol. The topological polar surface area (TPSA) is 21.3 Å². The van der Waals surface area contributed by atoms with Crippen LogP contribution >= 0.6 is 27.5 Å². The smallest absolute Gasteiger partial charge is 0.132 e. The molecule has 0 heterocycles. The summed E-state index contributed by atoms with van der Waals surface area (Å²) >= 11 is 9.56. The van der Waals surface area contributed by atoms with Gasteiger partial charge < -0.3 is 10.1 Å². The zero-order valence-electron chi connectivity index (χ0n) is 12.2. The zero-order valence-corrected chi connectivity index (χ0v) is 14.6. The fourth-order valence-electron chi connectivity index (χ4n) is 2.03. The van der Waals surface area contributed by atoms with E-state index < -0.39 is 0 Å². The van der Waals surface area contributed by atoms with Crippen molar-refractivity contribution >= 4 is 27.5 Å². The van der Waals surface area contributed by atoms with Crippen LogP contribution in [0.3, 0.4) is 0 Å². The van der Waals surface area contributed by atoms with Crippen molar-refractivity contribution in [3.05, 3.63) is 57.0 Å². The fraction of sp³-hybridized carbons (Fsp3) is 0.294. The van der Waals surface area contributed by atoms with Crippen molar-refractivity contribution in [2.75, 3.05) is 6.54 Å². The number of aryl methyl sites for hydroxylation is 1. The summed E-state index contributed by atoms with van der Waals surface area (Å²) in [5.41, 5.74) is 2.16. The van der Waals surface area contributed by atoms with Gasteiger partial charge in [-0.15, -0.1) is 0 Å². The quantitative estimate of drug-likeness (QED) is 0.660. The number of rotatable bonds is 6. The minimum absolute atomic E-state index is 0.725. The summed E-state index contributed by atoms with van der Waals surface area (Å²) in [6.07, 6.45) is 1.10. The lowest BCUT2D eigenvalue weighted by atomic mass is 10.2. The van der Waals surface area contributed by atoms with Gasteiger partial charge in [0, 0.05) is 21.6 Å². The molecule has 4 heteroatoms. The van der Waals surface area contributed by atoms with Crippen molar-refractivity contribution < 1.29 is 4.74 Å². The molecule has 0 radical (unpaired) electrons. The van der Waals surface area contributed by atoms with Crippen LogP contribution in [0, 0.1) is 6.92 Å². The van der Waals surface area contributed by atoms with E-state index in [4.69, 9.17) is 16.3 Å². The maximum atomic E-state index is 6.10. The Balaban J connectivity index is 2.22. The molecule has 0 saturated heterocycles. The zero-order chi connectivity index (χ0) is 15.2. The third-order valence-corrected chi connectivity index (χ3v) is 3.85. The van der Waals surface area contributed by atoms with E-state index in [-0.39, 0.29) is 0 Å². The third-order valence-electron chi connectivity index (χ3n) is 3.12. The van der Waals surface area contributed by atoms with Crippen LogP contribution in [-0.2, 0) is 6.54 Å². The number of ether oxygens (including phenoxy) is 1. The van der Waals surface area contributed by atoms with E-state index in [1.165, 1.54) is 0 Å². The molecule has 0 amide bonds. The molecule has 0 bridgehead atoms. The van der Waals surface area contributed by atoms with Crippen LogP contribution in [0.4, 0.5) is 0 Å². The Morgan fingerprint density at radius 2 is 1.90 bits per heavy atom. The minimum atomic E-state index is 0.725. The fourth-order valence-corrected chi connectivity index (χ4v) is 2.70. The van der Waals surface area contributed by atoms with Crippen molar-refractivity contribution in [2.24, 2.45) is 0 Å². The van der Waals surface area contributed by atoms with Gasteiger partial charge in [0.2, 0.25) is 0 Å². The average Bonchev–Trinajstić information content (AvgIpc) is 2.44. The largest absolute Gasteiger partial charge is 0.457 e. The molecule has 2 aromatic carbocycles. The van der Waals surface area contributed by atoms with Crippen molar-refractivity contribution in [1.82, 2.24) is 5.32 Å². The third kappa shape index (κ3) is 4.73. The van der Waals surface area contributed by atoms with Crippen LogP contribution < -0.4 is 10.1 Å². The monoisotopic (exact) mass is 367 g/mol. The van der Waals surface area contributed by atoms with Gasteiger partial charge in [0.1, 0.15) is 11.5 Å². The first-order valence-corrected chi connectivity index (χ1v) is 8.20. The number of benzene rings is 2. The second-order valence-corrected chi connectivity index (χ2v) is 6.29. The Kier molecular flexibility index (Phi) is 6.09. The van der Waals surface area contributed by atoms with E-state index in [1.54, 1.807) is 0 Å². The highest BCUT2D eigenvalue weighted by Crippen LogP contribution is 2.31. The molecule has 0 fully saturated rings. The summed E-state index contributed by atoms with van der Waals surface area (Å²) in [5.74, 6) is 1.70. The maximum Gasteiger partial charge on any atom is 0.132 e. The number of hydrogen-bond acceptors (Lipinski definition) is 2. The van der Waals surface area contributed by atoms with Crippen molar-refractivity contribution in [1.29, 1.82) is 0 Å². The minimum Gasteiger partial charge on any atom is -0.457 e. The molecular weight excluding hydrogens is 350 g/mol. The number of nitrogens with one attached hydrogen (secondary N) is 1. The summed E-state index contributed by atoms with van der Waals surface area (Å²) in [7, 11) is 0. The van der Waals surface area contributed by atoms with Crippen molar-refractivity contribution in [2.45, 2.75) is 26.8 Å². The summed E-state index contributed by atoms with van der Waals surface area (Å²) in [6, 6.07) is 11.7. The molecule has 0 atom stereocenters. The highest BCUT2D eigenvalue weighted by molar-refractivity contribution is 9.10. The second-order valence-electron chi connectivity index (χ2n) is 4.94. The van der Waals surface area contributed by atoms with E-state index in [2.05, 4.69) is 28.2 Å². The summed E-state index contributed by atoms with van der Waals surface area (Å²) in [4.78, 5) is 0. The molecule has 0 aliphatic carbocycles. The molecule has 2 aromatic rings. The van der Waals surface area contributed by atoms with Crippen LogP contribution in [0.1, 0.15) is 24.5 Å². The molecule has 1 N–H and O–H groups in total.